The Kier molecular flexibility index (Phi) is 5.25. The summed E-state index contributed by atoms with van der Waals surface area (Å²) in [6, 6.07) is 11.4. The van der Waals surface area contributed by atoms with Gasteiger partial charge in [0.05, 0.1) is 30.6 Å². The van der Waals surface area contributed by atoms with Crippen LogP contribution in [0.5, 0.6) is 11.5 Å². The number of hydrogen-bond donors (Lipinski definition) is 0. The average Bonchev–Trinajstić information content (AvgIpc) is 3.05. The lowest BCUT2D eigenvalue weighted by Crippen LogP contribution is -2.40. The van der Waals surface area contributed by atoms with Crippen LogP contribution in [0.1, 0.15) is 36.6 Å². The van der Waals surface area contributed by atoms with Crippen molar-refractivity contribution in [3.63, 3.8) is 0 Å². The molecule has 2 aliphatic rings. The normalized spacial score (nSPS) is 19.0. The number of halogens is 1. The van der Waals surface area contributed by atoms with Gasteiger partial charge >= 0.3 is 0 Å². The Labute approximate surface area is 179 Å². The lowest BCUT2D eigenvalue weighted by Gasteiger charge is -2.31. The summed E-state index contributed by atoms with van der Waals surface area (Å²) >= 11 is 6.38. The molecule has 0 radical (unpaired) electrons. The number of carbonyl (C=O) groups is 1. The molecule has 0 saturated carbocycles. The van der Waals surface area contributed by atoms with E-state index in [-0.39, 0.29) is 18.2 Å². The number of piperidine rings is 1. The molecular formula is C23H23ClN2O4. The van der Waals surface area contributed by atoms with E-state index >= 15 is 0 Å². The summed E-state index contributed by atoms with van der Waals surface area (Å²) in [6.07, 6.45) is 2.98. The summed E-state index contributed by atoms with van der Waals surface area (Å²) in [5.41, 5.74) is 2.48. The van der Waals surface area contributed by atoms with Crippen LogP contribution in [0.15, 0.2) is 40.8 Å². The molecule has 0 spiro atoms. The molecule has 7 heteroatoms. The molecule has 3 aromatic rings. The molecular weight excluding hydrogens is 404 g/mol. The second kappa shape index (κ2) is 8.19. The Morgan fingerprint density at radius 3 is 2.93 bits per heavy atom. The van der Waals surface area contributed by atoms with Crippen LogP contribution in [0, 0.1) is 0 Å². The van der Waals surface area contributed by atoms with Gasteiger partial charge in [-0.15, -0.1) is 0 Å². The van der Waals surface area contributed by atoms with Crippen molar-refractivity contribution < 1.29 is 18.7 Å². The monoisotopic (exact) mass is 426 g/mol. The van der Waals surface area contributed by atoms with Gasteiger partial charge in [0.1, 0.15) is 5.52 Å². The molecule has 1 unspecified atom stereocenters. The second-order valence-corrected chi connectivity index (χ2v) is 8.24. The predicted molar refractivity (Wildman–Crippen MR) is 113 cm³/mol. The Bertz CT molecular complexity index is 1050. The van der Waals surface area contributed by atoms with Crippen LogP contribution in [0.3, 0.4) is 0 Å². The zero-order chi connectivity index (χ0) is 20.5. The zero-order valence-electron chi connectivity index (χ0n) is 16.6. The predicted octanol–water partition coefficient (Wildman–Crippen LogP) is 4.59. The molecule has 30 heavy (non-hydrogen) atoms. The Morgan fingerprint density at radius 2 is 2.03 bits per heavy atom. The first kappa shape index (κ1) is 19.2. The van der Waals surface area contributed by atoms with Crippen molar-refractivity contribution in [2.45, 2.75) is 31.6 Å². The van der Waals surface area contributed by atoms with Gasteiger partial charge in [0.25, 0.3) is 0 Å². The van der Waals surface area contributed by atoms with Gasteiger partial charge in [-0.2, -0.15) is 0 Å². The van der Waals surface area contributed by atoms with Crippen molar-refractivity contribution in [1.82, 2.24) is 9.88 Å². The van der Waals surface area contributed by atoms with E-state index in [1.165, 1.54) is 0 Å². The van der Waals surface area contributed by atoms with E-state index in [4.69, 9.17) is 25.5 Å². The van der Waals surface area contributed by atoms with E-state index < -0.39 is 0 Å². The topological polar surface area (TPSA) is 64.8 Å². The molecule has 3 heterocycles. The maximum absolute atomic E-state index is 13.0. The number of likely N-dealkylation sites (tertiary alicyclic amines) is 1. The van der Waals surface area contributed by atoms with Gasteiger partial charge in [0.2, 0.25) is 5.91 Å². The van der Waals surface area contributed by atoms with Gasteiger partial charge in [-0.3, -0.25) is 4.79 Å². The third kappa shape index (κ3) is 3.84. The molecule has 1 atom stereocenters. The SMILES string of the molecule is O=C(Cc1cc(Cl)c2c(c1)OCCCO2)N1CCCC(c2nc3ccccc3o2)C1. The molecule has 1 aromatic heterocycles. The van der Waals surface area contributed by atoms with Gasteiger partial charge in [-0.05, 0) is 42.7 Å². The third-order valence-corrected chi connectivity index (χ3v) is 5.93. The smallest absolute Gasteiger partial charge is 0.227 e. The number of para-hydroxylation sites is 2. The van der Waals surface area contributed by atoms with Crippen molar-refractivity contribution in [2.24, 2.45) is 0 Å². The van der Waals surface area contributed by atoms with Crippen molar-refractivity contribution in [3.8, 4) is 11.5 Å². The van der Waals surface area contributed by atoms with Crippen molar-refractivity contribution in [3.05, 3.63) is 52.9 Å². The van der Waals surface area contributed by atoms with Crippen molar-refractivity contribution >= 4 is 28.6 Å². The first-order chi connectivity index (χ1) is 14.7. The molecule has 0 bridgehead atoms. The summed E-state index contributed by atoms with van der Waals surface area (Å²) < 4.78 is 17.4. The maximum Gasteiger partial charge on any atom is 0.227 e. The fourth-order valence-electron chi connectivity index (χ4n) is 4.14. The van der Waals surface area contributed by atoms with Crippen molar-refractivity contribution in [1.29, 1.82) is 0 Å². The minimum absolute atomic E-state index is 0.0707. The highest BCUT2D eigenvalue weighted by Gasteiger charge is 2.28. The van der Waals surface area contributed by atoms with Crippen LogP contribution in [0.2, 0.25) is 5.02 Å². The molecule has 2 aliphatic heterocycles. The molecule has 1 saturated heterocycles. The van der Waals surface area contributed by atoms with Gasteiger partial charge < -0.3 is 18.8 Å². The number of ether oxygens (including phenoxy) is 2. The van der Waals surface area contributed by atoms with Gasteiger partial charge in [-0.1, -0.05) is 23.7 Å². The molecule has 0 N–H and O–H groups in total. The lowest BCUT2D eigenvalue weighted by atomic mass is 9.97. The van der Waals surface area contributed by atoms with Gasteiger partial charge in [0.15, 0.2) is 23.0 Å². The Balaban J connectivity index is 1.30. The summed E-state index contributed by atoms with van der Waals surface area (Å²) in [5, 5.41) is 0.486. The minimum atomic E-state index is 0.0707. The first-order valence-electron chi connectivity index (χ1n) is 10.4. The number of oxazole rings is 1. The Morgan fingerprint density at radius 1 is 1.17 bits per heavy atom. The molecule has 1 fully saturated rings. The number of aromatic nitrogens is 1. The molecule has 1 amide bonds. The number of nitrogens with zero attached hydrogens (tertiary/aromatic N) is 2. The van der Waals surface area contributed by atoms with Crippen LogP contribution < -0.4 is 9.47 Å². The van der Waals surface area contributed by atoms with Crippen LogP contribution in [-0.2, 0) is 11.2 Å². The van der Waals surface area contributed by atoms with Crippen LogP contribution >= 0.6 is 11.6 Å². The van der Waals surface area contributed by atoms with Crippen LogP contribution in [0.25, 0.3) is 11.1 Å². The molecule has 0 aliphatic carbocycles. The highest BCUT2D eigenvalue weighted by atomic mass is 35.5. The van der Waals surface area contributed by atoms with E-state index in [0.717, 1.165) is 42.5 Å². The molecule has 2 aromatic carbocycles. The van der Waals surface area contributed by atoms with E-state index in [2.05, 4.69) is 4.98 Å². The summed E-state index contributed by atoms with van der Waals surface area (Å²) in [5.74, 6) is 2.08. The van der Waals surface area contributed by atoms with E-state index in [1.807, 2.05) is 35.2 Å². The van der Waals surface area contributed by atoms with Gasteiger partial charge in [0, 0.05) is 19.5 Å². The van der Waals surface area contributed by atoms with Gasteiger partial charge in [-0.25, -0.2) is 4.98 Å². The molecule has 5 rings (SSSR count). The first-order valence-corrected chi connectivity index (χ1v) is 10.8. The van der Waals surface area contributed by atoms with E-state index in [9.17, 15) is 4.79 Å². The number of benzene rings is 2. The fraction of sp³-hybridized carbons (Fsp3) is 0.391. The molecule has 6 nitrogen and oxygen atoms in total. The van der Waals surface area contributed by atoms with Crippen LogP contribution in [-0.4, -0.2) is 42.1 Å². The van der Waals surface area contributed by atoms with Crippen molar-refractivity contribution in [2.75, 3.05) is 26.3 Å². The zero-order valence-corrected chi connectivity index (χ0v) is 17.4. The third-order valence-electron chi connectivity index (χ3n) is 5.65. The van der Waals surface area contributed by atoms with Crippen LogP contribution in [0.4, 0.5) is 0 Å². The largest absolute Gasteiger partial charge is 0.489 e. The number of carbonyl (C=O) groups excluding carboxylic acids is 1. The summed E-state index contributed by atoms with van der Waals surface area (Å²) in [6.45, 7) is 2.52. The standard InChI is InChI=1S/C23H23ClN2O4/c24-17-11-15(12-20-22(17)29-10-4-9-28-20)13-21(27)26-8-3-5-16(14-26)23-25-18-6-1-2-7-19(18)30-23/h1-2,6-7,11-12,16H,3-5,8-10,13-14H2. The maximum atomic E-state index is 13.0. The second-order valence-electron chi connectivity index (χ2n) is 7.83. The number of amides is 1. The minimum Gasteiger partial charge on any atom is -0.489 e. The highest BCUT2D eigenvalue weighted by molar-refractivity contribution is 6.32. The van der Waals surface area contributed by atoms with E-state index in [0.29, 0.717) is 42.2 Å². The quantitative estimate of drug-likeness (QED) is 0.612. The Hall–Kier alpha value is -2.73. The summed E-state index contributed by atoms with van der Waals surface area (Å²) in [4.78, 5) is 19.6. The average molecular weight is 427 g/mol. The van der Waals surface area contributed by atoms with E-state index in [1.54, 1.807) is 6.07 Å². The fourth-order valence-corrected chi connectivity index (χ4v) is 4.43. The number of rotatable bonds is 3. The molecule has 156 valence electrons. The highest BCUT2D eigenvalue weighted by Crippen LogP contribution is 2.38. The lowest BCUT2D eigenvalue weighted by molar-refractivity contribution is -0.131. The number of fused-ring (bicyclic) bond motifs is 2. The number of hydrogen-bond acceptors (Lipinski definition) is 5. The summed E-state index contributed by atoms with van der Waals surface area (Å²) in [7, 11) is 0.